The summed E-state index contributed by atoms with van der Waals surface area (Å²) in [7, 11) is 0. The molecule has 5 nitrogen and oxygen atoms in total. The zero-order valence-electron chi connectivity index (χ0n) is 16.0. The standard InChI is InChI=1S/C23H16N2O3S2/c1-13-8-10-14(11-9-13)25-23(30-22(24-25)21(28)17-7-4-12-29-17)18-19(26)15-5-2-3-6-16(15)20(18)27/h2-11,28H,12H2,1H3/b21-17+. The van der Waals surface area contributed by atoms with Gasteiger partial charge < -0.3 is 5.11 Å². The number of thioether (sulfide) groups is 2. The number of aliphatic hydroxyl groups is 1. The lowest BCUT2D eigenvalue weighted by molar-refractivity contribution is 0.0987. The second-order valence-corrected chi connectivity index (χ2v) is 9.00. The van der Waals surface area contributed by atoms with Crippen LogP contribution in [-0.4, -0.2) is 27.5 Å². The summed E-state index contributed by atoms with van der Waals surface area (Å²) in [6.45, 7) is 1.98. The van der Waals surface area contributed by atoms with E-state index in [4.69, 9.17) is 0 Å². The van der Waals surface area contributed by atoms with E-state index < -0.39 is 0 Å². The zero-order chi connectivity index (χ0) is 20.8. The van der Waals surface area contributed by atoms with Crippen LogP contribution in [0.2, 0.25) is 0 Å². The molecule has 0 fully saturated rings. The minimum Gasteiger partial charge on any atom is -0.504 e. The summed E-state index contributed by atoms with van der Waals surface area (Å²) in [4.78, 5) is 26.9. The van der Waals surface area contributed by atoms with Gasteiger partial charge >= 0.3 is 0 Å². The lowest BCUT2D eigenvalue weighted by Crippen LogP contribution is -2.16. The van der Waals surface area contributed by atoms with Crippen LogP contribution in [0, 0.1) is 6.92 Å². The van der Waals surface area contributed by atoms with E-state index in [0.717, 1.165) is 33.7 Å². The average Bonchev–Trinajstić information content (AvgIpc) is 3.48. The van der Waals surface area contributed by atoms with E-state index in [1.807, 2.05) is 43.3 Å². The molecule has 0 spiro atoms. The van der Waals surface area contributed by atoms with E-state index in [9.17, 15) is 14.7 Å². The number of allylic oxidation sites excluding steroid dienone is 2. The number of benzene rings is 2. The number of nitrogens with zero attached hydrogens (tertiary/aromatic N) is 2. The topological polar surface area (TPSA) is 70.0 Å². The molecule has 1 aliphatic carbocycles. The molecule has 1 N–H and O–H groups in total. The molecule has 2 aromatic rings. The quantitative estimate of drug-likeness (QED) is 0.398. The van der Waals surface area contributed by atoms with Crippen LogP contribution in [0.15, 0.2) is 87.1 Å². The van der Waals surface area contributed by atoms with E-state index in [2.05, 4.69) is 5.10 Å². The van der Waals surface area contributed by atoms with Crippen molar-refractivity contribution >= 4 is 45.8 Å². The Hall–Kier alpha value is -3.03. The van der Waals surface area contributed by atoms with Crippen LogP contribution in [0.3, 0.4) is 0 Å². The molecule has 0 saturated heterocycles. The second-order valence-electron chi connectivity index (χ2n) is 6.96. The number of rotatable bonds is 2. The van der Waals surface area contributed by atoms with Crippen LogP contribution in [0.5, 0.6) is 0 Å². The van der Waals surface area contributed by atoms with Gasteiger partial charge in [-0.3, -0.25) is 9.59 Å². The Kier molecular flexibility index (Phi) is 4.64. The molecule has 0 saturated carbocycles. The third kappa shape index (κ3) is 3.02. The molecule has 2 aromatic carbocycles. The highest BCUT2D eigenvalue weighted by atomic mass is 32.2. The van der Waals surface area contributed by atoms with E-state index in [0.29, 0.717) is 21.2 Å². The van der Waals surface area contributed by atoms with Crippen molar-refractivity contribution in [3.8, 4) is 0 Å². The molecular formula is C23H16N2O3S2. The Morgan fingerprint density at radius 2 is 1.70 bits per heavy atom. The number of carbonyl (C=O) groups is 2. The maximum atomic E-state index is 13.1. The number of hydrazone groups is 1. The number of hydrogen-bond donors (Lipinski definition) is 1. The molecule has 5 rings (SSSR count). The van der Waals surface area contributed by atoms with Crippen LogP contribution in [0.4, 0.5) is 5.69 Å². The average molecular weight is 433 g/mol. The van der Waals surface area contributed by atoms with Gasteiger partial charge in [0.1, 0.15) is 10.6 Å². The fraction of sp³-hybridized carbons (Fsp3) is 0.0870. The van der Waals surface area contributed by atoms with E-state index in [-0.39, 0.29) is 22.9 Å². The fourth-order valence-corrected chi connectivity index (χ4v) is 5.34. The molecule has 0 aromatic heterocycles. The first-order chi connectivity index (χ1) is 14.5. The maximum Gasteiger partial charge on any atom is 0.200 e. The zero-order valence-corrected chi connectivity index (χ0v) is 17.6. The Morgan fingerprint density at radius 1 is 1.03 bits per heavy atom. The van der Waals surface area contributed by atoms with Crippen molar-refractivity contribution in [2.24, 2.45) is 5.10 Å². The third-order valence-corrected chi connectivity index (χ3v) is 7.02. The van der Waals surface area contributed by atoms with Gasteiger partial charge in [-0.2, -0.15) is 5.10 Å². The number of fused-ring (bicyclic) bond motifs is 1. The highest BCUT2D eigenvalue weighted by molar-refractivity contribution is 8.18. The molecule has 2 aliphatic heterocycles. The number of anilines is 1. The van der Waals surface area contributed by atoms with Crippen LogP contribution >= 0.6 is 23.5 Å². The lowest BCUT2D eigenvalue weighted by atomic mass is 10.1. The van der Waals surface area contributed by atoms with Gasteiger partial charge in [0, 0.05) is 16.9 Å². The lowest BCUT2D eigenvalue weighted by Gasteiger charge is -2.16. The van der Waals surface area contributed by atoms with Crippen LogP contribution in [0.25, 0.3) is 0 Å². The van der Waals surface area contributed by atoms with Gasteiger partial charge in [0.15, 0.2) is 22.4 Å². The van der Waals surface area contributed by atoms with Gasteiger partial charge in [-0.1, -0.05) is 48.0 Å². The first-order valence-corrected chi connectivity index (χ1v) is 11.1. The molecule has 0 radical (unpaired) electrons. The SMILES string of the molecule is Cc1ccc(N2N=C(/C(O)=C3/C=CCS3)SC2=C2C(=O)c3ccccc3C2=O)cc1. The number of ketones is 2. The number of hydrogen-bond acceptors (Lipinski definition) is 7. The molecule has 30 heavy (non-hydrogen) atoms. The number of Topliss-reactive ketones (excluding diaryl/α,β-unsaturated/α-hetero) is 2. The van der Waals surface area contributed by atoms with Crippen molar-refractivity contribution in [3.05, 3.63) is 98.6 Å². The van der Waals surface area contributed by atoms with E-state index >= 15 is 0 Å². The van der Waals surface area contributed by atoms with Gasteiger partial charge in [-0.05, 0) is 36.9 Å². The highest BCUT2D eigenvalue weighted by Crippen LogP contribution is 2.43. The van der Waals surface area contributed by atoms with Crippen LogP contribution < -0.4 is 5.01 Å². The summed E-state index contributed by atoms with van der Waals surface area (Å²) in [6.07, 6.45) is 3.82. The van der Waals surface area contributed by atoms with Crippen molar-refractivity contribution in [1.82, 2.24) is 0 Å². The Balaban J connectivity index is 1.66. The largest absolute Gasteiger partial charge is 0.504 e. The van der Waals surface area contributed by atoms with Crippen molar-refractivity contribution in [3.63, 3.8) is 0 Å². The van der Waals surface area contributed by atoms with E-state index in [1.165, 1.54) is 11.8 Å². The first kappa shape index (κ1) is 19.0. The minimum atomic E-state index is -0.311. The summed E-state index contributed by atoms with van der Waals surface area (Å²) in [6, 6.07) is 14.5. The molecule has 0 atom stereocenters. The van der Waals surface area contributed by atoms with Gasteiger partial charge in [0.2, 0.25) is 0 Å². The molecule has 0 amide bonds. The Bertz CT molecular complexity index is 1190. The molecule has 7 heteroatoms. The van der Waals surface area contributed by atoms with Crippen molar-refractivity contribution < 1.29 is 14.7 Å². The normalized spacial score (nSPS) is 19.6. The smallest absolute Gasteiger partial charge is 0.200 e. The van der Waals surface area contributed by atoms with Gasteiger partial charge in [-0.25, -0.2) is 5.01 Å². The maximum absolute atomic E-state index is 13.1. The fourth-order valence-electron chi connectivity index (χ4n) is 3.44. The van der Waals surface area contributed by atoms with Crippen LogP contribution in [0.1, 0.15) is 26.3 Å². The number of carbonyl (C=O) groups excluding carboxylic acids is 2. The molecule has 2 heterocycles. The summed E-state index contributed by atoms with van der Waals surface area (Å²) < 4.78 is 0. The third-order valence-electron chi connectivity index (χ3n) is 4.98. The molecule has 148 valence electrons. The summed E-state index contributed by atoms with van der Waals surface area (Å²) >= 11 is 2.66. The molecule has 3 aliphatic rings. The van der Waals surface area contributed by atoms with Crippen molar-refractivity contribution in [2.45, 2.75) is 6.92 Å². The first-order valence-electron chi connectivity index (χ1n) is 9.33. The molecule has 0 unspecified atom stereocenters. The summed E-state index contributed by atoms with van der Waals surface area (Å²) in [5.74, 6) is 0.226. The van der Waals surface area contributed by atoms with Crippen LogP contribution in [-0.2, 0) is 0 Å². The number of aryl methyl sites for hydroxylation is 1. The monoisotopic (exact) mass is 432 g/mol. The summed E-state index contributed by atoms with van der Waals surface area (Å²) in [5, 5.41) is 17.7. The predicted molar refractivity (Wildman–Crippen MR) is 122 cm³/mol. The Labute approximate surface area is 181 Å². The molecular weight excluding hydrogens is 416 g/mol. The highest BCUT2D eigenvalue weighted by Gasteiger charge is 2.40. The van der Waals surface area contributed by atoms with Gasteiger partial charge in [-0.15, -0.1) is 11.8 Å². The van der Waals surface area contributed by atoms with Crippen molar-refractivity contribution in [1.29, 1.82) is 0 Å². The Morgan fingerprint density at radius 3 is 2.30 bits per heavy atom. The van der Waals surface area contributed by atoms with Gasteiger partial charge in [0.25, 0.3) is 0 Å². The van der Waals surface area contributed by atoms with Gasteiger partial charge in [0.05, 0.1) is 10.6 Å². The second kappa shape index (κ2) is 7.34. The summed E-state index contributed by atoms with van der Waals surface area (Å²) in [5.41, 5.74) is 2.70. The predicted octanol–water partition coefficient (Wildman–Crippen LogP) is 5.23. The number of aliphatic hydroxyl groups excluding tert-OH is 1. The molecule has 0 bridgehead atoms. The minimum absolute atomic E-state index is 0.0573. The van der Waals surface area contributed by atoms with E-state index in [1.54, 1.807) is 29.3 Å². The van der Waals surface area contributed by atoms with Crippen molar-refractivity contribution in [2.75, 3.05) is 10.8 Å².